The fourth-order valence-electron chi connectivity index (χ4n) is 3.64. The third-order valence-electron chi connectivity index (χ3n) is 4.75. The fourth-order valence-corrected chi connectivity index (χ4v) is 3.64. The van der Waals surface area contributed by atoms with Gasteiger partial charge in [0.05, 0.1) is 6.61 Å². The summed E-state index contributed by atoms with van der Waals surface area (Å²) in [5.41, 5.74) is 2.70. The number of likely N-dealkylation sites (tertiary alicyclic amines) is 1. The minimum Gasteiger partial charge on any atom is -0.396 e. The second-order valence-electron chi connectivity index (χ2n) is 6.62. The molecule has 22 heavy (non-hydrogen) atoms. The van der Waals surface area contributed by atoms with Crippen LogP contribution in [-0.4, -0.2) is 29.7 Å². The summed E-state index contributed by atoms with van der Waals surface area (Å²) in [7, 11) is 0. The van der Waals surface area contributed by atoms with Crippen LogP contribution in [0.1, 0.15) is 24.0 Å². The lowest BCUT2D eigenvalue weighted by atomic mass is 9.75. The van der Waals surface area contributed by atoms with Crippen LogP contribution in [0.2, 0.25) is 0 Å². The Morgan fingerprint density at radius 3 is 2.18 bits per heavy atom. The minimum atomic E-state index is 0.00832. The maximum atomic E-state index is 10.1. The third kappa shape index (κ3) is 3.76. The van der Waals surface area contributed by atoms with Gasteiger partial charge in [0.25, 0.3) is 0 Å². The van der Waals surface area contributed by atoms with Gasteiger partial charge in [0.2, 0.25) is 0 Å². The van der Waals surface area contributed by atoms with E-state index in [2.05, 4.69) is 65.6 Å². The molecule has 1 saturated heterocycles. The molecule has 1 aliphatic heterocycles. The van der Waals surface area contributed by atoms with Gasteiger partial charge in [0.15, 0.2) is 0 Å². The molecule has 1 atom stereocenters. The molecule has 1 fully saturated rings. The molecule has 0 spiro atoms. The Balaban J connectivity index is 1.69. The van der Waals surface area contributed by atoms with Crippen molar-refractivity contribution >= 4 is 0 Å². The monoisotopic (exact) mass is 295 g/mol. The summed E-state index contributed by atoms with van der Waals surface area (Å²) in [5, 5.41) is 10.1. The molecule has 2 nitrogen and oxygen atoms in total. The molecule has 1 unspecified atom stereocenters. The number of benzene rings is 2. The first kappa shape index (κ1) is 15.3. The Morgan fingerprint density at radius 2 is 1.55 bits per heavy atom. The predicted molar refractivity (Wildman–Crippen MR) is 90.6 cm³/mol. The molecule has 2 aromatic carbocycles. The Bertz CT molecular complexity index is 569. The molecule has 1 heterocycles. The summed E-state index contributed by atoms with van der Waals surface area (Å²) < 4.78 is 0. The molecule has 2 heteroatoms. The van der Waals surface area contributed by atoms with Crippen LogP contribution in [0.25, 0.3) is 0 Å². The van der Waals surface area contributed by atoms with E-state index in [9.17, 15) is 5.11 Å². The molecule has 3 rings (SSSR count). The lowest BCUT2D eigenvalue weighted by Gasteiger charge is -2.42. The molecule has 0 radical (unpaired) electrons. The Kier molecular flexibility index (Phi) is 4.91. The second kappa shape index (κ2) is 7.08. The topological polar surface area (TPSA) is 23.5 Å². The van der Waals surface area contributed by atoms with E-state index in [-0.39, 0.29) is 12.0 Å². The van der Waals surface area contributed by atoms with Crippen LogP contribution in [0.4, 0.5) is 0 Å². The number of hydrogen-bond donors (Lipinski definition) is 1. The van der Waals surface area contributed by atoms with Crippen molar-refractivity contribution in [1.82, 2.24) is 4.90 Å². The summed E-state index contributed by atoms with van der Waals surface area (Å²) in [5.74, 6) is 0. The van der Waals surface area contributed by atoms with Gasteiger partial charge in [-0.1, -0.05) is 60.7 Å². The maximum Gasteiger partial charge on any atom is 0.0502 e. The van der Waals surface area contributed by atoms with Crippen molar-refractivity contribution in [2.24, 2.45) is 5.41 Å². The smallest absolute Gasteiger partial charge is 0.0502 e. The van der Waals surface area contributed by atoms with Crippen LogP contribution in [0.3, 0.4) is 0 Å². The lowest BCUT2D eigenvalue weighted by Crippen LogP contribution is -2.46. The van der Waals surface area contributed by atoms with E-state index in [1.165, 1.54) is 17.5 Å². The normalized spacial score (nSPS) is 22.6. The minimum absolute atomic E-state index is 0.00832. The third-order valence-corrected chi connectivity index (χ3v) is 4.75. The van der Waals surface area contributed by atoms with Crippen LogP contribution >= 0.6 is 0 Å². The summed E-state index contributed by atoms with van der Waals surface area (Å²) in [6.45, 7) is 3.36. The van der Waals surface area contributed by atoms with Gasteiger partial charge in [-0.3, -0.25) is 4.90 Å². The van der Waals surface area contributed by atoms with Crippen LogP contribution < -0.4 is 0 Å². The summed E-state index contributed by atoms with van der Waals surface area (Å²) in [6.07, 6.45) is 3.25. The van der Waals surface area contributed by atoms with E-state index in [1.807, 2.05) is 0 Å². The number of hydrogen-bond acceptors (Lipinski definition) is 2. The molecule has 0 aliphatic carbocycles. The second-order valence-corrected chi connectivity index (χ2v) is 6.62. The van der Waals surface area contributed by atoms with Gasteiger partial charge in [-0.05, 0) is 36.9 Å². The van der Waals surface area contributed by atoms with Gasteiger partial charge < -0.3 is 5.11 Å². The standard InChI is InChI=1S/C20H25NO/c22-17-20(14-18-8-3-1-4-9-18)12-7-13-21(16-20)15-19-10-5-2-6-11-19/h1-6,8-11,22H,7,12-17H2. The average molecular weight is 295 g/mol. The van der Waals surface area contributed by atoms with Crippen LogP contribution in [0.5, 0.6) is 0 Å². The zero-order chi connectivity index (χ0) is 15.3. The van der Waals surface area contributed by atoms with Crippen LogP contribution in [-0.2, 0) is 13.0 Å². The predicted octanol–water partition coefficient (Wildman–Crippen LogP) is 3.50. The first-order chi connectivity index (χ1) is 10.8. The zero-order valence-corrected chi connectivity index (χ0v) is 13.1. The Hall–Kier alpha value is -1.64. The lowest BCUT2D eigenvalue weighted by molar-refractivity contribution is 0.0288. The highest BCUT2D eigenvalue weighted by Gasteiger charge is 2.35. The number of aliphatic hydroxyl groups excluding tert-OH is 1. The number of aliphatic hydroxyl groups is 1. The fraction of sp³-hybridized carbons (Fsp3) is 0.400. The molecule has 1 N–H and O–H groups in total. The largest absolute Gasteiger partial charge is 0.396 e. The molecule has 116 valence electrons. The number of nitrogens with zero attached hydrogens (tertiary/aromatic N) is 1. The highest BCUT2D eigenvalue weighted by molar-refractivity contribution is 5.18. The van der Waals surface area contributed by atoms with Crippen LogP contribution in [0, 0.1) is 5.41 Å². The summed E-state index contributed by atoms with van der Waals surface area (Å²) >= 11 is 0. The van der Waals surface area contributed by atoms with E-state index in [0.29, 0.717) is 0 Å². The zero-order valence-electron chi connectivity index (χ0n) is 13.1. The number of rotatable bonds is 5. The van der Waals surface area contributed by atoms with Crippen molar-refractivity contribution in [3.8, 4) is 0 Å². The van der Waals surface area contributed by atoms with Crippen molar-refractivity contribution in [3.05, 3.63) is 71.8 Å². The van der Waals surface area contributed by atoms with Gasteiger partial charge in [-0.2, -0.15) is 0 Å². The Morgan fingerprint density at radius 1 is 0.909 bits per heavy atom. The molecular formula is C20H25NO. The van der Waals surface area contributed by atoms with Gasteiger partial charge in [0, 0.05) is 18.5 Å². The molecule has 0 aromatic heterocycles. The molecule has 0 saturated carbocycles. The quantitative estimate of drug-likeness (QED) is 0.912. The number of piperidine rings is 1. The van der Waals surface area contributed by atoms with Crippen molar-refractivity contribution < 1.29 is 5.11 Å². The van der Waals surface area contributed by atoms with E-state index >= 15 is 0 Å². The summed E-state index contributed by atoms with van der Waals surface area (Å²) in [4.78, 5) is 2.50. The summed E-state index contributed by atoms with van der Waals surface area (Å²) in [6, 6.07) is 21.2. The average Bonchev–Trinajstić information content (AvgIpc) is 2.57. The molecule has 2 aromatic rings. The Labute approximate surface area is 133 Å². The van der Waals surface area contributed by atoms with Gasteiger partial charge in [0.1, 0.15) is 0 Å². The molecule has 1 aliphatic rings. The van der Waals surface area contributed by atoms with Crippen molar-refractivity contribution in [1.29, 1.82) is 0 Å². The molecular weight excluding hydrogens is 270 g/mol. The molecule has 0 amide bonds. The SMILES string of the molecule is OCC1(Cc2ccccc2)CCCN(Cc2ccccc2)C1. The van der Waals surface area contributed by atoms with E-state index in [1.54, 1.807) is 0 Å². The van der Waals surface area contributed by atoms with Gasteiger partial charge in [-0.25, -0.2) is 0 Å². The van der Waals surface area contributed by atoms with Crippen molar-refractivity contribution in [2.75, 3.05) is 19.7 Å². The highest BCUT2D eigenvalue weighted by Crippen LogP contribution is 2.34. The maximum absolute atomic E-state index is 10.1. The van der Waals surface area contributed by atoms with Crippen molar-refractivity contribution in [2.45, 2.75) is 25.8 Å². The van der Waals surface area contributed by atoms with Gasteiger partial charge in [-0.15, -0.1) is 0 Å². The van der Waals surface area contributed by atoms with Crippen molar-refractivity contribution in [3.63, 3.8) is 0 Å². The first-order valence-corrected chi connectivity index (χ1v) is 8.21. The highest BCUT2D eigenvalue weighted by atomic mass is 16.3. The van der Waals surface area contributed by atoms with Gasteiger partial charge >= 0.3 is 0 Å². The first-order valence-electron chi connectivity index (χ1n) is 8.21. The molecule has 0 bridgehead atoms. The van der Waals surface area contributed by atoms with E-state index < -0.39 is 0 Å². The van der Waals surface area contributed by atoms with E-state index in [4.69, 9.17) is 0 Å². The van der Waals surface area contributed by atoms with E-state index in [0.717, 1.165) is 32.5 Å². The van der Waals surface area contributed by atoms with Crippen LogP contribution in [0.15, 0.2) is 60.7 Å².